The van der Waals surface area contributed by atoms with Gasteiger partial charge in [-0.3, -0.25) is 9.97 Å². The summed E-state index contributed by atoms with van der Waals surface area (Å²) in [6, 6.07) is 14.4. The van der Waals surface area contributed by atoms with Gasteiger partial charge in [0.15, 0.2) is 0 Å². The Labute approximate surface area is 118 Å². The molecule has 2 aromatic heterocycles. The van der Waals surface area contributed by atoms with E-state index < -0.39 is 0 Å². The van der Waals surface area contributed by atoms with E-state index in [4.69, 9.17) is 5.73 Å². The van der Waals surface area contributed by atoms with Crippen molar-refractivity contribution in [3.8, 4) is 22.3 Å². The lowest BCUT2D eigenvalue weighted by Crippen LogP contribution is -1.99. The molecule has 3 aromatic rings. The second-order valence-corrected chi connectivity index (χ2v) is 4.55. The van der Waals surface area contributed by atoms with Gasteiger partial charge in [0.25, 0.3) is 0 Å². The average molecular weight is 261 g/mol. The Morgan fingerprint density at radius 3 is 1.90 bits per heavy atom. The minimum Gasteiger partial charge on any atom is -0.326 e. The van der Waals surface area contributed by atoms with E-state index in [0.717, 1.165) is 27.8 Å². The van der Waals surface area contributed by atoms with Crippen molar-refractivity contribution < 1.29 is 0 Å². The molecule has 3 nitrogen and oxygen atoms in total. The number of nitrogens with two attached hydrogens (primary N) is 1. The molecular weight excluding hydrogens is 246 g/mol. The zero-order chi connectivity index (χ0) is 13.8. The molecule has 0 unspecified atom stereocenters. The van der Waals surface area contributed by atoms with Crippen LogP contribution < -0.4 is 5.73 Å². The van der Waals surface area contributed by atoms with Gasteiger partial charge in [0.05, 0.1) is 0 Å². The highest BCUT2D eigenvalue weighted by atomic mass is 14.6. The Hall–Kier alpha value is -2.52. The molecule has 0 bridgehead atoms. The summed E-state index contributed by atoms with van der Waals surface area (Å²) in [5, 5.41) is 0. The summed E-state index contributed by atoms with van der Waals surface area (Å²) in [7, 11) is 0. The van der Waals surface area contributed by atoms with Crippen molar-refractivity contribution in [2.75, 3.05) is 0 Å². The van der Waals surface area contributed by atoms with Crippen molar-refractivity contribution in [3.05, 3.63) is 72.8 Å². The monoisotopic (exact) mass is 261 g/mol. The quantitative estimate of drug-likeness (QED) is 0.787. The highest BCUT2D eigenvalue weighted by Crippen LogP contribution is 2.29. The Kier molecular flexibility index (Phi) is 3.52. The van der Waals surface area contributed by atoms with Crippen LogP contribution in [-0.4, -0.2) is 9.97 Å². The van der Waals surface area contributed by atoms with E-state index in [1.807, 2.05) is 24.3 Å². The number of rotatable bonds is 3. The standard InChI is InChI=1S/C17H15N3/c18-12-16-2-1-15(13-3-7-19-8-4-13)11-17(16)14-5-9-20-10-6-14/h1-11H,12,18H2. The fourth-order valence-electron chi connectivity index (χ4n) is 2.28. The van der Waals surface area contributed by atoms with Crippen molar-refractivity contribution >= 4 is 0 Å². The summed E-state index contributed by atoms with van der Waals surface area (Å²) in [6.07, 6.45) is 7.21. The molecule has 0 amide bonds. The molecule has 0 radical (unpaired) electrons. The molecule has 1 aromatic carbocycles. The molecule has 2 heterocycles. The van der Waals surface area contributed by atoms with Gasteiger partial charge in [-0.15, -0.1) is 0 Å². The maximum absolute atomic E-state index is 5.85. The number of aromatic nitrogens is 2. The predicted molar refractivity (Wildman–Crippen MR) is 80.8 cm³/mol. The normalized spacial score (nSPS) is 10.4. The van der Waals surface area contributed by atoms with Gasteiger partial charge in [0, 0.05) is 31.3 Å². The first kappa shape index (κ1) is 12.5. The maximum atomic E-state index is 5.85. The molecule has 3 rings (SSSR count). The summed E-state index contributed by atoms with van der Waals surface area (Å²) in [4.78, 5) is 8.12. The Balaban J connectivity index is 2.13. The van der Waals surface area contributed by atoms with E-state index in [9.17, 15) is 0 Å². The fourth-order valence-corrected chi connectivity index (χ4v) is 2.28. The van der Waals surface area contributed by atoms with E-state index in [1.54, 1.807) is 24.8 Å². The van der Waals surface area contributed by atoms with Crippen LogP contribution in [0.2, 0.25) is 0 Å². The first-order chi connectivity index (χ1) is 9.88. The fraction of sp³-hybridized carbons (Fsp3) is 0.0588. The molecule has 0 atom stereocenters. The van der Waals surface area contributed by atoms with Crippen LogP contribution in [-0.2, 0) is 6.54 Å². The molecule has 2 N–H and O–H groups in total. The third-order valence-electron chi connectivity index (χ3n) is 3.33. The van der Waals surface area contributed by atoms with Crippen LogP contribution in [0.1, 0.15) is 5.56 Å². The third kappa shape index (κ3) is 2.44. The van der Waals surface area contributed by atoms with Gasteiger partial charge in [-0.1, -0.05) is 12.1 Å². The van der Waals surface area contributed by atoms with Crippen LogP contribution in [0.4, 0.5) is 0 Å². The van der Waals surface area contributed by atoms with E-state index >= 15 is 0 Å². The first-order valence-corrected chi connectivity index (χ1v) is 6.52. The van der Waals surface area contributed by atoms with Crippen molar-refractivity contribution in [1.82, 2.24) is 9.97 Å². The Morgan fingerprint density at radius 1 is 0.700 bits per heavy atom. The Bertz CT molecular complexity index is 694. The van der Waals surface area contributed by atoms with Crippen molar-refractivity contribution in [2.24, 2.45) is 5.73 Å². The molecule has 0 saturated carbocycles. The SMILES string of the molecule is NCc1ccc(-c2ccncc2)cc1-c1ccncc1. The molecule has 98 valence electrons. The summed E-state index contributed by atoms with van der Waals surface area (Å²) in [5.74, 6) is 0. The minimum absolute atomic E-state index is 0.522. The van der Waals surface area contributed by atoms with Crippen LogP contribution in [0.5, 0.6) is 0 Å². The van der Waals surface area contributed by atoms with Crippen LogP contribution in [0.25, 0.3) is 22.3 Å². The third-order valence-corrected chi connectivity index (χ3v) is 3.33. The number of pyridine rings is 2. The number of hydrogen-bond acceptors (Lipinski definition) is 3. The molecule has 20 heavy (non-hydrogen) atoms. The van der Waals surface area contributed by atoms with E-state index in [-0.39, 0.29) is 0 Å². The van der Waals surface area contributed by atoms with Crippen LogP contribution in [0.15, 0.2) is 67.3 Å². The summed E-state index contributed by atoms with van der Waals surface area (Å²) < 4.78 is 0. The molecule has 0 aliphatic heterocycles. The van der Waals surface area contributed by atoms with Gasteiger partial charge < -0.3 is 5.73 Å². The predicted octanol–water partition coefficient (Wildman–Crippen LogP) is 3.27. The van der Waals surface area contributed by atoms with Crippen molar-refractivity contribution in [1.29, 1.82) is 0 Å². The molecule has 0 aliphatic rings. The maximum Gasteiger partial charge on any atom is 0.0273 e. The molecular formula is C17H15N3. The highest BCUT2D eigenvalue weighted by molar-refractivity contribution is 5.75. The van der Waals surface area contributed by atoms with E-state index in [0.29, 0.717) is 6.54 Å². The molecule has 3 heteroatoms. The number of benzene rings is 1. The molecule has 0 aliphatic carbocycles. The van der Waals surface area contributed by atoms with Crippen molar-refractivity contribution in [2.45, 2.75) is 6.54 Å². The van der Waals surface area contributed by atoms with E-state index in [1.165, 1.54) is 0 Å². The zero-order valence-corrected chi connectivity index (χ0v) is 11.0. The lowest BCUT2D eigenvalue weighted by atomic mass is 9.95. The van der Waals surface area contributed by atoms with Crippen LogP contribution in [0.3, 0.4) is 0 Å². The van der Waals surface area contributed by atoms with Gasteiger partial charge in [-0.05, 0) is 58.1 Å². The van der Waals surface area contributed by atoms with Gasteiger partial charge in [0.2, 0.25) is 0 Å². The second kappa shape index (κ2) is 5.63. The van der Waals surface area contributed by atoms with Gasteiger partial charge in [-0.2, -0.15) is 0 Å². The van der Waals surface area contributed by atoms with Gasteiger partial charge in [-0.25, -0.2) is 0 Å². The smallest absolute Gasteiger partial charge is 0.0273 e. The van der Waals surface area contributed by atoms with E-state index in [2.05, 4.69) is 28.2 Å². The minimum atomic E-state index is 0.522. The first-order valence-electron chi connectivity index (χ1n) is 6.52. The molecule has 0 spiro atoms. The highest BCUT2D eigenvalue weighted by Gasteiger charge is 2.06. The summed E-state index contributed by atoms with van der Waals surface area (Å²) in [5.41, 5.74) is 11.6. The largest absolute Gasteiger partial charge is 0.326 e. The topological polar surface area (TPSA) is 51.8 Å². The second-order valence-electron chi connectivity index (χ2n) is 4.55. The summed E-state index contributed by atoms with van der Waals surface area (Å²) in [6.45, 7) is 0.522. The lowest BCUT2D eigenvalue weighted by Gasteiger charge is -2.11. The van der Waals surface area contributed by atoms with Gasteiger partial charge in [0.1, 0.15) is 0 Å². The Morgan fingerprint density at radius 2 is 1.30 bits per heavy atom. The number of hydrogen-bond donors (Lipinski definition) is 1. The number of nitrogens with zero attached hydrogens (tertiary/aromatic N) is 2. The van der Waals surface area contributed by atoms with Crippen LogP contribution >= 0.6 is 0 Å². The lowest BCUT2D eigenvalue weighted by molar-refractivity contribution is 1.07. The molecule has 0 fully saturated rings. The molecule has 0 saturated heterocycles. The van der Waals surface area contributed by atoms with Crippen LogP contribution in [0, 0.1) is 0 Å². The average Bonchev–Trinajstić information content (AvgIpc) is 2.56. The van der Waals surface area contributed by atoms with Crippen molar-refractivity contribution in [3.63, 3.8) is 0 Å². The summed E-state index contributed by atoms with van der Waals surface area (Å²) >= 11 is 0. The van der Waals surface area contributed by atoms with Gasteiger partial charge >= 0.3 is 0 Å². The zero-order valence-electron chi connectivity index (χ0n) is 11.0.